The van der Waals surface area contributed by atoms with E-state index >= 15 is 0 Å². The molecule has 22 heavy (non-hydrogen) atoms. The second-order valence-corrected chi connectivity index (χ2v) is 5.40. The van der Waals surface area contributed by atoms with Crippen LogP contribution in [0.5, 0.6) is 0 Å². The molecular formula is C16H18N4O2. The number of pyridine rings is 2. The van der Waals surface area contributed by atoms with Crippen LogP contribution in [-0.2, 0) is 0 Å². The highest BCUT2D eigenvalue weighted by molar-refractivity contribution is 5.95. The Kier molecular flexibility index (Phi) is 4.02. The van der Waals surface area contributed by atoms with Gasteiger partial charge < -0.3 is 15.2 Å². The summed E-state index contributed by atoms with van der Waals surface area (Å²) in [5.41, 5.74) is 2.04. The third kappa shape index (κ3) is 2.78. The van der Waals surface area contributed by atoms with Crippen molar-refractivity contribution in [2.24, 2.45) is 0 Å². The van der Waals surface area contributed by atoms with Crippen LogP contribution in [0.4, 0.5) is 0 Å². The highest BCUT2D eigenvalue weighted by Gasteiger charge is 2.29. The molecule has 1 fully saturated rings. The molecule has 2 aromatic heterocycles. The number of piperazine rings is 1. The summed E-state index contributed by atoms with van der Waals surface area (Å²) in [6, 6.07) is 5.25. The van der Waals surface area contributed by atoms with Crippen LogP contribution in [0, 0.1) is 6.92 Å². The molecule has 0 aromatic carbocycles. The van der Waals surface area contributed by atoms with Crippen molar-refractivity contribution in [1.82, 2.24) is 20.2 Å². The molecule has 0 aliphatic carbocycles. The Morgan fingerprint density at radius 2 is 2.32 bits per heavy atom. The van der Waals surface area contributed by atoms with Crippen LogP contribution < -0.4 is 10.9 Å². The van der Waals surface area contributed by atoms with Gasteiger partial charge >= 0.3 is 0 Å². The third-order valence-corrected chi connectivity index (χ3v) is 3.94. The van der Waals surface area contributed by atoms with E-state index in [0.717, 1.165) is 12.1 Å². The lowest BCUT2D eigenvalue weighted by atomic mass is 10.0. The number of carbonyl (C=O) groups is 1. The fourth-order valence-electron chi connectivity index (χ4n) is 2.78. The number of rotatable bonds is 2. The van der Waals surface area contributed by atoms with Crippen molar-refractivity contribution in [1.29, 1.82) is 0 Å². The second kappa shape index (κ2) is 6.11. The molecule has 1 atom stereocenters. The van der Waals surface area contributed by atoms with Gasteiger partial charge in [-0.25, -0.2) is 0 Å². The smallest absolute Gasteiger partial charge is 0.256 e. The molecule has 1 saturated heterocycles. The average molecular weight is 298 g/mol. The van der Waals surface area contributed by atoms with Crippen LogP contribution in [0.2, 0.25) is 0 Å². The van der Waals surface area contributed by atoms with Crippen molar-refractivity contribution in [3.05, 3.63) is 63.8 Å². The quantitative estimate of drug-likeness (QED) is 0.862. The minimum Gasteiger partial charge on any atom is -0.329 e. The number of hydrogen-bond acceptors (Lipinski definition) is 4. The van der Waals surface area contributed by atoms with E-state index in [2.05, 4.69) is 15.3 Å². The summed E-state index contributed by atoms with van der Waals surface area (Å²) >= 11 is 0. The molecule has 1 aliphatic heterocycles. The predicted octanol–water partition coefficient (Wildman–Crippen LogP) is 0.865. The van der Waals surface area contributed by atoms with E-state index in [1.807, 2.05) is 17.0 Å². The normalized spacial score (nSPS) is 18.2. The van der Waals surface area contributed by atoms with Crippen molar-refractivity contribution >= 4 is 5.91 Å². The predicted molar refractivity (Wildman–Crippen MR) is 82.7 cm³/mol. The number of aryl methyl sites for hydroxylation is 1. The molecule has 3 heterocycles. The second-order valence-electron chi connectivity index (χ2n) is 5.40. The van der Waals surface area contributed by atoms with Crippen LogP contribution in [0.25, 0.3) is 0 Å². The summed E-state index contributed by atoms with van der Waals surface area (Å²) in [4.78, 5) is 32.8. The third-order valence-electron chi connectivity index (χ3n) is 3.94. The Balaban J connectivity index is 1.93. The molecule has 1 unspecified atom stereocenters. The van der Waals surface area contributed by atoms with Gasteiger partial charge in [-0.15, -0.1) is 0 Å². The molecule has 2 aromatic rings. The maximum atomic E-state index is 12.9. The average Bonchev–Trinajstić information content (AvgIpc) is 2.55. The lowest BCUT2D eigenvalue weighted by molar-refractivity contribution is 0.0632. The van der Waals surface area contributed by atoms with Crippen LogP contribution in [-0.4, -0.2) is 40.4 Å². The van der Waals surface area contributed by atoms with E-state index in [4.69, 9.17) is 0 Å². The minimum absolute atomic E-state index is 0.0544. The van der Waals surface area contributed by atoms with Gasteiger partial charge in [-0.1, -0.05) is 6.07 Å². The lowest BCUT2D eigenvalue weighted by Gasteiger charge is -2.36. The first-order chi connectivity index (χ1) is 10.7. The SMILES string of the molecule is Cc1cc(=O)[nH]cc1C(=O)N1CCNCC1c1cccnc1. The highest BCUT2D eigenvalue weighted by atomic mass is 16.2. The fraction of sp³-hybridized carbons (Fsp3) is 0.312. The van der Waals surface area contributed by atoms with Crippen molar-refractivity contribution < 1.29 is 4.79 Å². The number of nitrogens with zero attached hydrogens (tertiary/aromatic N) is 2. The molecule has 0 saturated carbocycles. The maximum Gasteiger partial charge on any atom is 0.256 e. The van der Waals surface area contributed by atoms with Crippen LogP contribution in [0.3, 0.4) is 0 Å². The zero-order chi connectivity index (χ0) is 15.5. The van der Waals surface area contributed by atoms with Gasteiger partial charge in [0.1, 0.15) is 0 Å². The van der Waals surface area contributed by atoms with Gasteiger partial charge in [0, 0.05) is 44.3 Å². The van der Waals surface area contributed by atoms with Crippen LogP contribution in [0.15, 0.2) is 41.6 Å². The lowest BCUT2D eigenvalue weighted by Crippen LogP contribution is -2.49. The Hall–Kier alpha value is -2.47. The molecule has 6 heteroatoms. The van der Waals surface area contributed by atoms with E-state index in [1.54, 1.807) is 19.3 Å². The van der Waals surface area contributed by atoms with Crippen molar-refractivity contribution in [2.45, 2.75) is 13.0 Å². The van der Waals surface area contributed by atoms with Gasteiger partial charge in [0.15, 0.2) is 0 Å². The number of aromatic amines is 1. The van der Waals surface area contributed by atoms with Gasteiger partial charge in [0.05, 0.1) is 11.6 Å². The minimum atomic E-state index is -0.196. The number of aromatic nitrogens is 2. The molecule has 0 radical (unpaired) electrons. The largest absolute Gasteiger partial charge is 0.329 e. The summed E-state index contributed by atoms with van der Waals surface area (Å²) < 4.78 is 0. The number of amides is 1. The molecule has 2 N–H and O–H groups in total. The first-order valence-corrected chi connectivity index (χ1v) is 7.28. The first kappa shape index (κ1) is 14.5. The summed E-state index contributed by atoms with van der Waals surface area (Å²) in [5, 5.41) is 3.31. The molecule has 114 valence electrons. The van der Waals surface area contributed by atoms with Crippen molar-refractivity contribution in [2.75, 3.05) is 19.6 Å². The summed E-state index contributed by atoms with van der Waals surface area (Å²) in [5.74, 6) is -0.0656. The Labute approximate surface area is 128 Å². The summed E-state index contributed by atoms with van der Waals surface area (Å²) in [7, 11) is 0. The van der Waals surface area contributed by atoms with Gasteiger partial charge in [-0.05, 0) is 24.1 Å². The number of H-pyrrole nitrogens is 1. The maximum absolute atomic E-state index is 12.9. The zero-order valence-electron chi connectivity index (χ0n) is 12.4. The van der Waals surface area contributed by atoms with E-state index in [1.165, 1.54) is 12.3 Å². The first-order valence-electron chi connectivity index (χ1n) is 7.28. The monoisotopic (exact) mass is 298 g/mol. The number of hydrogen-bond donors (Lipinski definition) is 2. The van der Waals surface area contributed by atoms with Crippen molar-refractivity contribution in [3.63, 3.8) is 0 Å². The van der Waals surface area contributed by atoms with E-state index in [-0.39, 0.29) is 17.5 Å². The Morgan fingerprint density at radius 1 is 1.45 bits per heavy atom. The van der Waals surface area contributed by atoms with Gasteiger partial charge in [-0.3, -0.25) is 14.6 Å². The number of nitrogens with one attached hydrogen (secondary N) is 2. The number of carbonyl (C=O) groups excluding carboxylic acids is 1. The molecule has 6 nitrogen and oxygen atoms in total. The van der Waals surface area contributed by atoms with Gasteiger partial charge in [0.2, 0.25) is 5.56 Å². The molecule has 0 bridgehead atoms. The molecule has 3 rings (SSSR count). The molecule has 1 amide bonds. The van der Waals surface area contributed by atoms with E-state index in [0.29, 0.717) is 24.2 Å². The van der Waals surface area contributed by atoms with Crippen LogP contribution in [0.1, 0.15) is 27.5 Å². The fourth-order valence-corrected chi connectivity index (χ4v) is 2.78. The van der Waals surface area contributed by atoms with Crippen LogP contribution >= 0.6 is 0 Å². The van der Waals surface area contributed by atoms with E-state index in [9.17, 15) is 9.59 Å². The van der Waals surface area contributed by atoms with Gasteiger partial charge in [-0.2, -0.15) is 0 Å². The molecule has 0 spiro atoms. The Morgan fingerprint density at radius 3 is 3.05 bits per heavy atom. The molecule has 1 aliphatic rings. The molecular weight excluding hydrogens is 280 g/mol. The zero-order valence-corrected chi connectivity index (χ0v) is 12.4. The van der Waals surface area contributed by atoms with E-state index < -0.39 is 0 Å². The summed E-state index contributed by atoms with van der Waals surface area (Å²) in [6.07, 6.45) is 5.01. The summed E-state index contributed by atoms with van der Waals surface area (Å²) in [6.45, 7) is 3.85. The van der Waals surface area contributed by atoms with Crippen molar-refractivity contribution in [3.8, 4) is 0 Å². The highest BCUT2D eigenvalue weighted by Crippen LogP contribution is 2.23. The standard InChI is InChI=1S/C16H18N4O2/c1-11-7-15(21)19-9-13(11)16(22)20-6-5-18-10-14(20)12-3-2-4-17-8-12/h2-4,7-9,14,18H,5-6,10H2,1H3,(H,19,21). The topological polar surface area (TPSA) is 78.1 Å². The Bertz CT molecular complexity index is 726. The van der Waals surface area contributed by atoms with Gasteiger partial charge in [0.25, 0.3) is 5.91 Å².